The highest BCUT2D eigenvalue weighted by molar-refractivity contribution is 5.75. The van der Waals surface area contributed by atoms with E-state index in [2.05, 4.69) is 30.6 Å². The molecule has 3 unspecified atom stereocenters. The van der Waals surface area contributed by atoms with Crippen molar-refractivity contribution in [1.29, 1.82) is 0 Å². The second-order valence-corrected chi connectivity index (χ2v) is 10.8. The molecular weight excluding hydrogens is 518 g/mol. The van der Waals surface area contributed by atoms with Gasteiger partial charge in [-0.15, -0.1) is 0 Å². The molecule has 0 saturated carbocycles. The molecule has 5 rings (SSSR count). The summed E-state index contributed by atoms with van der Waals surface area (Å²) in [6, 6.07) is 6.86. The lowest BCUT2D eigenvalue weighted by Crippen LogP contribution is -2.61. The van der Waals surface area contributed by atoms with Crippen molar-refractivity contribution in [3.05, 3.63) is 66.1 Å². The summed E-state index contributed by atoms with van der Waals surface area (Å²) in [5, 5.41) is 20.9. The fourth-order valence-corrected chi connectivity index (χ4v) is 5.16. The van der Waals surface area contributed by atoms with Gasteiger partial charge in [-0.2, -0.15) is 9.61 Å². The fourth-order valence-electron chi connectivity index (χ4n) is 5.16. The number of hydrogen-bond acceptors (Lipinski definition) is 8. The third-order valence-electron chi connectivity index (χ3n) is 7.16. The van der Waals surface area contributed by atoms with Crippen LogP contribution in [0.2, 0.25) is 0 Å². The Morgan fingerprint density at radius 1 is 1.15 bits per heavy atom. The lowest BCUT2D eigenvalue weighted by molar-refractivity contribution is -0.120. The third-order valence-corrected chi connectivity index (χ3v) is 7.16. The van der Waals surface area contributed by atoms with Crippen molar-refractivity contribution in [2.24, 2.45) is 11.7 Å². The molecule has 0 bridgehead atoms. The summed E-state index contributed by atoms with van der Waals surface area (Å²) < 4.78 is 31.5. The van der Waals surface area contributed by atoms with Crippen LogP contribution in [0.4, 0.5) is 26.1 Å². The molecule has 1 aromatic carbocycles. The van der Waals surface area contributed by atoms with Crippen LogP contribution in [0, 0.1) is 17.6 Å². The minimum absolute atomic E-state index is 0.0668. The van der Waals surface area contributed by atoms with Crippen LogP contribution in [0.3, 0.4) is 0 Å². The topological polar surface area (TPSA) is 134 Å². The summed E-state index contributed by atoms with van der Waals surface area (Å²) in [5.74, 6) is -1.36. The lowest BCUT2D eigenvalue weighted by Gasteiger charge is -2.42. The van der Waals surface area contributed by atoms with E-state index >= 15 is 8.78 Å². The number of nitrogens with two attached hydrogens (primary N) is 1. The number of aliphatic hydroxyl groups is 1. The Kier molecular flexibility index (Phi) is 7.15. The minimum Gasteiger partial charge on any atom is -0.386 e. The van der Waals surface area contributed by atoms with E-state index < -0.39 is 17.2 Å². The number of hydrogen-bond donors (Lipinski definition) is 4. The predicted octanol–water partition coefficient (Wildman–Crippen LogP) is 3.33. The number of piperidine rings is 1. The molecule has 10 nitrogen and oxygen atoms in total. The zero-order valence-corrected chi connectivity index (χ0v) is 22.7. The predicted molar refractivity (Wildman–Crippen MR) is 148 cm³/mol. The summed E-state index contributed by atoms with van der Waals surface area (Å²) in [7, 11) is 0. The van der Waals surface area contributed by atoms with Gasteiger partial charge in [0, 0.05) is 38.3 Å². The first-order chi connectivity index (χ1) is 18.9. The molecule has 40 heavy (non-hydrogen) atoms. The van der Waals surface area contributed by atoms with Gasteiger partial charge in [0.15, 0.2) is 0 Å². The van der Waals surface area contributed by atoms with Crippen LogP contribution < -0.4 is 21.3 Å². The van der Waals surface area contributed by atoms with Crippen molar-refractivity contribution in [3.63, 3.8) is 0 Å². The largest absolute Gasteiger partial charge is 0.386 e. The highest BCUT2D eigenvalue weighted by Crippen LogP contribution is 2.33. The van der Waals surface area contributed by atoms with E-state index in [0.29, 0.717) is 30.2 Å². The van der Waals surface area contributed by atoms with Crippen molar-refractivity contribution in [2.45, 2.75) is 45.4 Å². The molecule has 4 heterocycles. The molecule has 12 heteroatoms. The summed E-state index contributed by atoms with van der Waals surface area (Å²) >= 11 is 0. The number of aromatic nitrogens is 4. The van der Waals surface area contributed by atoms with Crippen molar-refractivity contribution in [1.82, 2.24) is 24.9 Å². The second-order valence-electron chi connectivity index (χ2n) is 10.8. The Balaban J connectivity index is 1.46. The molecule has 3 atom stereocenters. The third kappa shape index (κ3) is 5.32. The van der Waals surface area contributed by atoms with E-state index in [-0.39, 0.29) is 40.7 Å². The normalized spacial score (nSPS) is 19.6. The maximum Gasteiger partial charge on any atom is 0.229 e. The number of benzene rings is 1. The van der Waals surface area contributed by atoms with Crippen molar-refractivity contribution < 1.29 is 18.7 Å². The highest BCUT2D eigenvalue weighted by atomic mass is 19.1. The number of anilines is 3. The standard InChI is InChI=1S/C28H32F2N8O2/c1-15-13-37(14-21(31)26(15)34-16(2)39)24-7-8-32-12-23(24)35-27-33-11-18-5-6-22(36-38(18)27)25-19(29)9-17(10-20(25)30)28(3,4)40/h5-12,15,21,26,40H,13-14,31H2,1-4H3,(H,33,35)(H,34,39). The first-order valence-corrected chi connectivity index (χ1v) is 13.0. The molecule has 1 aliphatic rings. The summed E-state index contributed by atoms with van der Waals surface area (Å²) in [4.78, 5) is 22.4. The van der Waals surface area contributed by atoms with Crippen molar-refractivity contribution in [3.8, 4) is 11.3 Å². The molecule has 0 radical (unpaired) electrons. The maximum absolute atomic E-state index is 15.0. The van der Waals surface area contributed by atoms with Crippen LogP contribution >= 0.6 is 0 Å². The number of nitrogens with zero attached hydrogens (tertiary/aromatic N) is 5. The van der Waals surface area contributed by atoms with Gasteiger partial charge in [0.2, 0.25) is 11.9 Å². The minimum atomic E-state index is -1.40. The van der Waals surface area contributed by atoms with E-state index in [9.17, 15) is 9.90 Å². The van der Waals surface area contributed by atoms with Gasteiger partial charge in [-0.25, -0.2) is 13.8 Å². The van der Waals surface area contributed by atoms with Gasteiger partial charge in [-0.1, -0.05) is 6.92 Å². The molecule has 1 aliphatic heterocycles. The summed E-state index contributed by atoms with van der Waals surface area (Å²) in [6.45, 7) is 7.61. The zero-order chi connectivity index (χ0) is 28.8. The molecule has 1 amide bonds. The number of carbonyl (C=O) groups excluding carboxylic acids is 1. The second kappa shape index (κ2) is 10.4. The maximum atomic E-state index is 15.0. The van der Waals surface area contributed by atoms with Crippen LogP contribution in [-0.4, -0.2) is 55.8 Å². The van der Waals surface area contributed by atoms with Gasteiger partial charge in [-0.05, 0) is 55.7 Å². The first-order valence-electron chi connectivity index (χ1n) is 13.0. The van der Waals surface area contributed by atoms with Crippen LogP contribution in [0.5, 0.6) is 0 Å². The number of imidazole rings is 1. The molecule has 210 valence electrons. The van der Waals surface area contributed by atoms with Gasteiger partial charge in [-0.3, -0.25) is 9.78 Å². The van der Waals surface area contributed by atoms with E-state index in [4.69, 9.17) is 5.73 Å². The summed E-state index contributed by atoms with van der Waals surface area (Å²) in [5.41, 5.74) is 7.02. The quantitative estimate of drug-likeness (QED) is 0.287. The molecule has 3 aromatic heterocycles. The van der Waals surface area contributed by atoms with Crippen molar-refractivity contribution >= 4 is 28.7 Å². The zero-order valence-electron chi connectivity index (χ0n) is 22.7. The van der Waals surface area contributed by atoms with Crippen LogP contribution in [0.15, 0.2) is 48.9 Å². The van der Waals surface area contributed by atoms with Crippen molar-refractivity contribution in [2.75, 3.05) is 23.3 Å². The molecule has 1 saturated heterocycles. The molecule has 4 aromatic rings. The number of rotatable bonds is 6. The van der Waals surface area contributed by atoms with E-state index in [1.165, 1.54) is 31.4 Å². The fraction of sp³-hybridized carbons (Fsp3) is 0.357. The molecule has 1 fully saturated rings. The number of carbonyl (C=O) groups is 1. The number of nitrogens with one attached hydrogen (secondary N) is 2. The van der Waals surface area contributed by atoms with Gasteiger partial charge in [0.05, 0.1) is 46.1 Å². The van der Waals surface area contributed by atoms with E-state index in [0.717, 1.165) is 17.8 Å². The highest BCUT2D eigenvalue weighted by Gasteiger charge is 2.34. The Bertz CT molecular complexity index is 1530. The number of halogens is 2. The van der Waals surface area contributed by atoms with Gasteiger partial charge in [0.25, 0.3) is 0 Å². The monoisotopic (exact) mass is 550 g/mol. The Labute approximate surface area is 230 Å². The Hall–Kier alpha value is -4.16. The molecular formula is C28H32F2N8O2. The average Bonchev–Trinajstić information content (AvgIpc) is 3.27. The SMILES string of the molecule is CC(=O)NC1C(C)CN(c2ccncc2Nc2ncc3ccc(-c4c(F)cc(C(C)(C)O)cc4F)nn23)CC1N. The number of pyridine rings is 1. The van der Waals surface area contributed by atoms with Crippen LogP contribution in [-0.2, 0) is 10.4 Å². The van der Waals surface area contributed by atoms with E-state index in [1.807, 2.05) is 13.0 Å². The molecule has 0 spiro atoms. The molecule has 0 aliphatic carbocycles. The molecule has 5 N–H and O–H groups in total. The van der Waals surface area contributed by atoms with Gasteiger partial charge >= 0.3 is 0 Å². The number of amides is 1. The Morgan fingerprint density at radius 3 is 2.52 bits per heavy atom. The smallest absolute Gasteiger partial charge is 0.229 e. The summed E-state index contributed by atoms with van der Waals surface area (Å²) in [6.07, 6.45) is 4.93. The Morgan fingerprint density at radius 2 is 1.88 bits per heavy atom. The average molecular weight is 551 g/mol. The van der Waals surface area contributed by atoms with Gasteiger partial charge < -0.3 is 26.4 Å². The van der Waals surface area contributed by atoms with Gasteiger partial charge in [0.1, 0.15) is 11.6 Å². The lowest BCUT2D eigenvalue weighted by atomic mass is 9.89. The van der Waals surface area contributed by atoms with Crippen LogP contribution in [0.1, 0.15) is 33.3 Å². The number of fused-ring (bicyclic) bond motifs is 1. The van der Waals surface area contributed by atoms with Crippen LogP contribution in [0.25, 0.3) is 16.8 Å². The van der Waals surface area contributed by atoms with E-state index in [1.54, 1.807) is 24.7 Å². The first kappa shape index (κ1) is 27.4.